The van der Waals surface area contributed by atoms with Crippen molar-refractivity contribution in [1.82, 2.24) is 9.97 Å². The first-order valence-electron chi connectivity index (χ1n) is 10.4. The predicted octanol–water partition coefficient (Wildman–Crippen LogP) is 7.50. The molecule has 3 aromatic carbocycles. The van der Waals surface area contributed by atoms with E-state index < -0.39 is 0 Å². The van der Waals surface area contributed by atoms with Gasteiger partial charge in [0.1, 0.15) is 11.2 Å². The summed E-state index contributed by atoms with van der Waals surface area (Å²) in [7, 11) is 0. The molecule has 3 aromatic heterocycles. The Labute approximate surface area is 184 Å². The van der Waals surface area contributed by atoms with Gasteiger partial charge in [-0.25, -0.2) is 9.97 Å². The normalized spacial score (nSPS) is 11.1. The van der Waals surface area contributed by atoms with Crippen LogP contribution in [0.3, 0.4) is 0 Å². The molecule has 4 nitrogen and oxygen atoms in total. The van der Waals surface area contributed by atoms with Crippen LogP contribution in [0.1, 0.15) is 0 Å². The zero-order chi connectivity index (χ0) is 21.3. The van der Waals surface area contributed by atoms with E-state index in [1.807, 2.05) is 97.1 Å². The molecule has 0 bridgehead atoms. The zero-order valence-electron chi connectivity index (χ0n) is 17.1. The van der Waals surface area contributed by atoms with Crippen LogP contribution in [0.5, 0.6) is 11.8 Å². The van der Waals surface area contributed by atoms with Crippen molar-refractivity contribution < 1.29 is 9.15 Å². The summed E-state index contributed by atoms with van der Waals surface area (Å²) < 4.78 is 11.9. The topological polar surface area (TPSA) is 48.2 Å². The average Bonchev–Trinajstić information content (AvgIpc) is 3.23. The highest BCUT2D eigenvalue weighted by Crippen LogP contribution is 2.32. The Morgan fingerprint density at radius 2 is 1.16 bits per heavy atom. The van der Waals surface area contributed by atoms with Crippen molar-refractivity contribution in [2.24, 2.45) is 0 Å². The predicted molar refractivity (Wildman–Crippen MR) is 127 cm³/mol. The van der Waals surface area contributed by atoms with E-state index >= 15 is 0 Å². The van der Waals surface area contributed by atoms with Gasteiger partial charge in [0, 0.05) is 34.0 Å². The SMILES string of the molecule is c1ccc(-c2cccc(Oc3cccc(-c4ccc5oc6ccccc6c5c4)n3)n2)cc1. The number of ether oxygens (including phenoxy) is 1. The molecule has 0 saturated carbocycles. The van der Waals surface area contributed by atoms with Crippen molar-refractivity contribution in [3.8, 4) is 34.3 Å². The molecule has 0 saturated heterocycles. The number of rotatable bonds is 4. The quantitative estimate of drug-likeness (QED) is 0.300. The van der Waals surface area contributed by atoms with Crippen LogP contribution in [-0.2, 0) is 0 Å². The number of pyridine rings is 2. The molecule has 0 spiro atoms. The van der Waals surface area contributed by atoms with Crippen molar-refractivity contribution in [1.29, 1.82) is 0 Å². The van der Waals surface area contributed by atoms with Gasteiger partial charge in [0.05, 0.1) is 11.4 Å². The summed E-state index contributed by atoms with van der Waals surface area (Å²) >= 11 is 0. The largest absolute Gasteiger partial charge is 0.456 e. The molecule has 0 amide bonds. The molecular weight excluding hydrogens is 396 g/mol. The van der Waals surface area contributed by atoms with Crippen molar-refractivity contribution in [2.75, 3.05) is 0 Å². The Balaban J connectivity index is 1.33. The molecule has 0 aliphatic rings. The van der Waals surface area contributed by atoms with E-state index in [0.29, 0.717) is 11.8 Å². The number of aromatic nitrogens is 2. The molecule has 0 radical (unpaired) electrons. The van der Waals surface area contributed by atoms with Crippen molar-refractivity contribution in [3.63, 3.8) is 0 Å². The van der Waals surface area contributed by atoms with Crippen LogP contribution in [0.15, 0.2) is 114 Å². The van der Waals surface area contributed by atoms with E-state index in [0.717, 1.165) is 44.5 Å². The summed E-state index contributed by atoms with van der Waals surface area (Å²) in [4.78, 5) is 9.35. The Morgan fingerprint density at radius 1 is 0.500 bits per heavy atom. The Hall–Kier alpha value is -4.44. The number of nitrogens with zero attached hydrogens (tertiary/aromatic N) is 2. The van der Waals surface area contributed by atoms with Gasteiger partial charge in [-0.05, 0) is 36.4 Å². The first-order chi connectivity index (χ1) is 15.8. The zero-order valence-corrected chi connectivity index (χ0v) is 17.1. The maximum Gasteiger partial charge on any atom is 0.221 e. The number of hydrogen-bond donors (Lipinski definition) is 0. The second kappa shape index (κ2) is 7.67. The Kier molecular flexibility index (Phi) is 4.40. The van der Waals surface area contributed by atoms with Gasteiger partial charge < -0.3 is 9.15 Å². The third-order valence-electron chi connectivity index (χ3n) is 5.40. The lowest BCUT2D eigenvalue weighted by atomic mass is 10.1. The molecular formula is C28H18N2O2. The summed E-state index contributed by atoms with van der Waals surface area (Å²) in [5.74, 6) is 1.00. The highest BCUT2D eigenvalue weighted by molar-refractivity contribution is 6.06. The van der Waals surface area contributed by atoms with Gasteiger partial charge in [-0.15, -0.1) is 0 Å². The maximum absolute atomic E-state index is 6.00. The van der Waals surface area contributed by atoms with Crippen molar-refractivity contribution >= 4 is 21.9 Å². The number of fused-ring (bicyclic) bond motifs is 3. The second-order valence-corrected chi connectivity index (χ2v) is 7.50. The summed E-state index contributed by atoms with van der Waals surface area (Å²) in [5.41, 5.74) is 5.48. The molecule has 6 rings (SSSR count). The minimum Gasteiger partial charge on any atom is -0.456 e. The monoisotopic (exact) mass is 414 g/mol. The smallest absolute Gasteiger partial charge is 0.221 e. The summed E-state index contributed by atoms with van der Waals surface area (Å²) in [6.07, 6.45) is 0. The lowest BCUT2D eigenvalue weighted by Crippen LogP contribution is -1.93. The highest BCUT2D eigenvalue weighted by atomic mass is 16.5. The van der Waals surface area contributed by atoms with Gasteiger partial charge in [-0.3, -0.25) is 0 Å². The van der Waals surface area contributed by atoms with Crippen LogP contribution in [0, 0.1) is 0 Å². The van der Waals surface area contributed by atoms with Crippen molar-refractivity contribution in [3.05, 3.63) is 109 Å². The molecule has 0 unspecified atom stereocenters. The number of hydrogen-bond acceptors (Lipinski definition) is 4. The third kappa shape index (κ3) is 3.38. The second-order valence-electron chi connectivity index (χ2n) is 7.50. The number of furan rings is 1. The van der Waals surface area contributed by atoms with Gasteiger partial charge in [-0.1, -0.05) is 60.7 Å². The van der Waals surface area contributed by atoms with Crippen LogP contribution in [0.4, 0.5) is 0 Å². The Bertz CT molecular complexity index is 1550. The summed E-state index contributed by atoms with van der Waals surface area (Å²) in [6, 6.07) is 35.7. The van der Waals surface area contributed by atoms with E-state index in [1.165, 1.54) is 0 Å². The van der Waals surface area contributed by atoms with E-state index in [9.17, 15) is 0 Å². The minimum atomic E-state index is 0.498. The molecule has 0 aliphatic carbocycles. The fourth-order valence-electron chi connectivity index (χ4n) is 3.87. The summed E-state index contributed by atoms with van der Waals surface area (Å²) in [6.45, 7) is 0. The van der Waals surface area contributed by atoms with Crippen LogP contribution in [-0.4, -0.2) is 9.97 Å². The minimum absolute atomic E-state index is 0.498. The van der Waals surface area contributed by atoms with E-state index in [-0.39, 0.29) is 0 Å². The first-order valence-corrected chi connectivity index (χ1v) is 10.4. The number of para-hydroxylation sites is 1. The first kappa shape index (κ1) is 18.3. The fourth-order valence-corrected chi connectivity index (χ4v) is 3.87. The van der Waals surface area contributed by atoms with E-state index in [2.05, 4.69) is 17.1 Å². The molecule has 0 atom stereocenters. The van der Waals surface area contributed by atoms with Crippen LogP contribution in [0.25, 0.3) is 44.5 Å². The summed E-state index contributed by atoms with van der Waals surface area (Å²) in [5, 5.41) is 2.17. The molecule has 0 N–H and O–H groups in total. The molecule has 152 valence electrons. The lowest BCUT2D eigenvalue weighted by molar-refractivity contribution is 0.446. The molecule has 3 heterocycles. The van der Waals surface area contributed by atoms with Gasteiger partial charge in [0.2, 0.25) is 11.8 Å². The standard InChI is InChI=1S/C28H18N2O2/c1-2-8-19(9-3-1)23-11-6-14-27(29-23)32-28-15-7-12-24(30-28)20-16-17-26-22(18-20)21-10-4-5-13-25(21)31-26/h1-18H. The van der Waals surface area contributed by atoms with Crippen LogP contribution < -0.4 is 4.74 Å². The average molecular weight is 414 g/mol. The lowest BCUT2D eigenvalue weighted by Gasteiger charge is -2.08. The van der Waals surface area contributed by atoms with Crippen molar-refractivity contribution in [2.45, 2.75) is 0 Å². The van der Waals surface area contributed by atoms with E-state index in [4.69, 9.17) is 14.1 Å². The molecule has 4 heteroatoms. The molecule has 0 aliphatic heterocycles. The maximum atomic E-state index is 6.00. The van der Waals surface area contributed by atoms with Gasteiger partial charge >= 0.3 is 0 Å². The molecule has 0 fully saturated rings. The Morgan fingerprint density at radius 3 is 1.94 bits per heavy atom. The highest BCUT2D eigenvalue weighted by Gasteiger charge is 2.10. The van der Waals surface area contributed by atoms with Crippen LogP contribution >= 0.6 is 0 Å². The van der Waals surface area contributed by atoms with Gasteiger partial charge in [0.15, 0.2) is 0 Å². The van der Waals surface area contributed by atoms with E-state index in [1.54, 1.807) is 0 Å². The molecule has 32 heavy (non-hydrogen) atoms. The van der Waals surface area contributed by atoms with Crippen LogP contribution in [0.2, 0.25) is 0 Å². The number of benzene rings is 3. The van der Waals surface area contributed by atoms with Gasteiger partial charge in [0.25, 0.3) is 0 Å². The molecule has 6 aromatic rings. The fraction of sp³-hybridized carbons (Fsp3) is 0. The van der Waals surface area contributed by atoms with Gasteiger partial charge in [-0.2, -0.15) is 0 Å². The third-order valence-corrected chi connectivity index (χ3v) is 5.40.